The Kier molecular flexibility index (Phi) is 5.81. The maximum Gasteiger partial charge on any atom is 0.204 e. The van der Waals surface area contributed by atoms with Crippen molar-refractivity contribution in [3.8, 4) is 11.5 Å². The summed E-state index contributed by atoms with van der Waals surface area (Å²) in [5.41, 5.74) is 0.636. The molecule has 0 saturated carbocycles. The number of hydrogen-bond acceptors (Lipinski definition) is 5. The first-order chi connectivity index (χ1) is 13.7. The summed E-state index contributed by atoms with van der Waals surface area (Å²) in [5.74, 6) is 0.427. The van der Waals surface area contributed by atoms with E-state index < -0.39 is 0 Å². The number of para-hydroxylation sites is 1. The molecule has 1 aliphatic heterocycles. The highest BCUT2D eigenvalue weighted by Gasteiger charge is 2.13. The first kappa shape index (κ1) is 18.8. The number of unbranched alkanes of at least 4 members (excludes halogenated alkanes) is 2. The number of aromatic hydroxyl groups is 1. The predicted molar refractivity (Wildman–Crippen MR) is 111 cm³/mol. The smallest absolute Gasteiger partial charge is 0.204 e. The zero-order valence-electron chi connectivity index (χ0n) is 16.2. The summed E-state index contributed by atoms with van der Waals surface area (Å²) in [6.45, 7) is 4.25. The Hall–Kier alpha value is -2.53. The van der Waals surface area contributed by atoms with Gasteiger partial charge in [0.2, 0.25) is 5.43 Å². The molecule has 3 aromatic rings. The van der Waals surface area contributed by atoms with Gasteiger partial charge in [-0.25, -0.2) is 0 Å². The van der Waals surface area contributed by atoms with E-state index in [1.807, 2.05) is 6.07 Å². The molecular formula is C23H27NO4. The van der Waals surface area contributed by atoms with Crippen LogP contribution in [0.25, 0.3) is 21.9 Å². The highest BCUT2D eigenvalue weighted by molar-refractivity contribution is 5.93. The van der Waals surface area contributed by atoms with E-state index in [1.165, 1.54) is 51.4 Å². The predicted octanol–water partition coefficient (Wildman–Crippen LogP) is 4.69. The maximum absolute atomic E-state index is 12.6. The first-order valence-electron chi connectivity index (χ1n) is 10.3. The average molecular weight is 381 g/mol. The summed E-state index contributed by atoms with van der Waals surface area (Å²) in [6, 6.07) is 10.3. The van der Waals surface area contributed by atoms with Gasteiger partial charge in [-0.15, -0.1) is 0 Å². The molecule has 1 aromatic heterocycles. The molecule has 0 amide bonds. The Morgan fingerprint density at radius 2 is 1.82 bits per heavy atom. The molecule has 5 nitrogen and oxygen atoms in total. The number of nitrogens with zero attached hydrogens (tertiary/aromatic N) is 1. The Morgan fingerprint density at radius 3 is 2.68 bits per heavy atom. The van der Waals surface area contributed by atoms with Gasteiger partial charge in [-0.05, 0) is 63.9 Å². The molecule has 0 bridgehead atoms. The van der Waals surface area contributed by atoms with Crippen LogP contribution < -0.4 is 10.2 Å². The van der Waals surface area contributed by atoms with Crippen LogP contribution in [0.1, 0.15) is 38.5 Å². The number of benzene rings is 2. The van der Waals surface area contributed by atoms with E-state index in [0.29, 0.717) is 28.9 Å². The van der Waals surface area contributed by atoms with Crippen molar-refractivity contribution in [2.24, 2.45) is 0 Å². The highest BCUT2D eigenvalue weighted by atomic mass is 16.5. The largest absolute Gasteiger partial charge is 0.507 e. The van der Waals surface area contributed by atoms with Gasteiger partial charge < -0.3 is 19.2 Å². The average Bonchev–Trinajstić information content (AvgIpc) is 2.71. The molecule has 1 N–H and O–H groups in total. The lowest BCUT2D eigenvalue weighted by Crippen LogP contribution is -2.30. The topological polar surface area (TPSA) is 62.9 Å². The lowest BCUT2D eigenvalue weighted by Gasteiger charge is -2.26. The first-order valence-corrected chi connectivity index (χ1v) is 10.3. The van der Waals surface area contributed by atoms with Gasteiger partial charge in [0.05, 0.1) is 12.0 Å². The minimum Gasteiger partial charge on any atom is -0.507 e. The van der Waals surface area contributed by atoms with Crippen molar-refractivity contribution in [1.29, 1.82) is 0 Å². The number of phenols is 1. The summed E-state index contributed by atoms with van der Waals surface area (Å²) in [5, 5.41) is 11.0. The van der Waals surface area contributed by atoms with Crippen LogP contribution >= 0.6 is 0 Å². The molecule has 28 heavy (non-hydrogen) atoms. The highest BCUT2D eigenvalue weighted by Crippen LogP contribution is 2.30. The number of piperidine rings is 1. The van der Waals surface area contributed by atoms with Crippen LogP contribution in [-0.4, -0.2) is 36.2 Å². The van der Waals surface area contributed by atoms with Crippen LogP contribution in [-0.2, 0) is 0 Å². The van der Waals surface area contributed by atoms with Crippen molar-refractivity contribution in [3.05, 3.63) is 46.6 Å². The molecule has 0 atom stereocenters. The third kappa shape index (κ3) is 4.14. The van der Waals surface area contributed by atoms with Gasteiger partial charge in [0.15, 0.2) is 0 Å². The minimum atomic E-state index is -0.224. The monoisotopic (exact) mass is 381 g/mol. The van der Waals surface area contributed by atoms with Gasteiger partial charge >= 0.3 is 0 Å². The van der Waals surface area contributed by atoms with Crippen molar-refractivity contribution in [2.75, 3.05) is 26.2 Å². The maximum atomic E-state index is 12.6. The molecule has 0 unspecified atom stereocenters. The quantitative estimate of drug-likeness (QED) is 0.475. The number of likely N-dealkylation sites (tertiary alicyclic amines) is 1. The Morgan fingerprint density at radius 1 is 1.00 bits per heavy atom. The molecule has 1 fully saturated rings. The van der Waals surface area contributed by atoms with Crippen LogP contribution in [0.3, 0.4) is 0 Å². The van der Waals surface area contributed by atoms with Crippen molar-refractivity contribution in [1.82, 2.24) is 4.90 Å². The minimum absolute atomic E-state index is 0.0999. The van der Waals surface area contributed by atoms with Crippen molar-refractivity contribution < 1.29 is 14.3 Å². The molecule has 2 aromatic carbocycles. The zero-order valence-corrected chi connectivity index (χ0v) is 16.2. The van der Waals surface area contributed by atoms with Crippen LogP contribution in [0.2, 0.25) is 0 Å². The molecule has 0 aliphatic carbocycles. The van der Waals surface area contributed by atoms with Crippen LogP contribution in [0.5, 0.6) is 11.5 Å². The second-order valence-corrected chi connectivity index (χ2v) is 7.55. The fourth-order valence-corrected chi connectivity index (χ4v) is 3.95. The van der Waals surface area contributed by atoms with E-state index in [4.69, 9.17) is 9.15 Å². The summed E-state index contributed by atoms with van der Waals surface area (Å²) in [6.07, 6.45) is 7.32. The fraction of sp³-hybridized carbons (Fsp3) is 0.435. The SMILES string of the molecule is O=c1c2ccccc2oc2cc(OCCCCCN3CCCCC3)cc(O)c12. The number of ether oxygens (including phenoxy) is 1. The van der Waals surface area contributed by atoms with E-state index in [2.05, 4.69) is 4.90 Å². The fourth-order valence-electron chi connectivity index (χ4n) is 3.95. The second-order valence-electron chi connectivity index (χ2n) is 7.55. The molecule has 0 radical (unpaired) electrons. The standard InChI is InChI=1S/C23H27NO4/c25-19-15-17(27-14-8-2-7-13-24-11-5-1-6-12-24)16-21-22(19)23(26)18-9-3-4-10-20(18)28-21/h3-4,9-10,15-16,25H,1-2,5-8,11-14H2. The summed E-state index contributed by atoms with van der Waals surface area (Å²) >= 11 is 0. The van der Waals surface area contributed by atoms with Gasteiger partial charge in [0.1, 0.15) is 28.1 Å². The van der Waals surface area contributed by atoms with E-state index in [1.54, 1.807) is 24.3 Å². The third-order valence-corrected chi connectivity index (χ3v) is 5.47. The van der Waals surface area contributed by atoms with Crippen molar-refractivity contribution in [3.63, 3.8) is 0 Å². The zero-order chi connectivity index (χ0) is 19.3. The second kappa shape index (κ2) is 8.65. The molecule has 2 heterocycles. The number of phenolic OH excluding ortho intramolecular Hbond substituents is 1. The third-order valence-electron chi connectivity index (χ3n) is 5.47. The molecule has 148 valence electrons. The van der Waals surface area contributed by atoms with Crippen molar-refractivity contribution >= 4 is 21.9 Å². The lowest BCUT2D eigenvalue weighted by molar-refractivity contribution is 0.221. The molecule has 4 rings (SSSR count). The molecule has 1 saturated heterocycles. The van der Waals surface area contributed by atoms with E-state index >= 15 is 0 Å². The van der Waals surface area contributed by atoms with Crippen LogP contribution in [0, 0.1) is 0 Å². The Bertz CT molecular complexity index is 1000. The Labute approximate surface area is 164 Å². The molecular weight excluding hydrogens is 354 g/mol. The lowest BCUT2D eigenvalue weighted by atomic mass is 10.1. The number of rotatable bonds is 7. The molecule has 5 heteroatoms. The van der Waals surface area contributed by atoms with Gasteiger partial charge in [0.25, 0.3) is 0 Å². The van der Waals surface area contributed by atoms with Gasteiger partial charge in [0, 0.05) is 12.1 Å². The van der Waals surface area contributed by atoms with Gasteiger partial charge in [-0.2, -0.15) is 0 Å². The number of hydrogen-bond donors (Lipinski definition) is 1. The van der Waals surface area contributed by atoms with Gasteiger partial charge in [-0.1, -0.05) is 18.6 Å². The summed E-state index contributed by atoms with van der Waals surface area (Å²) in [7, 11) is 0. The van der Waals surface area contributed by atoms with E-state index in [9.17, 15) is 9.90 Å². The van der Waals surface area contributed by atoms with E-state index in [0.717, 1.165) is 12.8 Å². The van der Waals surface area contributed by atoms with Crippen molar-refractivity contribution in [2.45, 2.75) is 38.5 Å². The number of fused-ring (bicyclic) bond motifs is 2. The Balaban J connectivity index is 1.36. The molecule has 1 aliphatic rings. The molecule has 0 spiro atoms. The van der Waals surface area contributed by atoms with Crippen LogP contribution in [0.4, 0.5) is 0 Å². The summed E-state index contributed by atoms with van der Waals surface area (Å²) < 4.78 is 11.6. The van der Waals surface area contributed by atoms with Gasteiger partial charge in [-0.3, -0.25) is 4.79 Å². The normalized spacial score (nSPS) is 15.3. The van der Waals surface area contributed by atoms with Crippen LogP contribution in [0.15, 0.2) is 45.6 Å². The van der Waals surface area contributed by atoms with E-state index in [-0.39, 0.29) is 16.6 Å². The summed E-state index contributed by atoms with van der Waals surface area (Å²) in [4.78, 5) is 15.2.